The topological polar surface area (TPSA) is 52.3 Å². The number of carbonyl (C=O) groups is 1. The van der Waals surface area contributed by atoms with Crippen molar-refractivity contribution < 1.29 is 9.53 Å². The zero-order chi connectivity index (χ0) is 10.9. The molecule has 0 bridgehead atoms. The summed E-state index contributed by atoms with van der Waals surface area (Å²) >= 11 is 0. The van der Waals surface area contributed by atoms with Crippen molar-refractivity contribution in [1.29, 1.82) is 0 Å². The van der Waals surface area contributed by atoms with Gasteiger partial charge in [-0.05, 0) is 45.1 Å². The van der Waals surface area contributed by atoms with Crippen LogP contribution in [0.4, 0.5) is 0 Å². The Morgan fingerprint density at radius 1 is 1.33 bits per heavy atom. The molecule has 1 aliphatic rings. The molecule has 0 spiro atoms. The summed E-state index contributed by atoms with van der Waals surface area (Å²) in [7, 11) is 0. The molecule has 15 heavy (non-hydrogen) atoms. The highest BCUT2D eigenvalue weighted by Crippen LogP contribution is 2.16. The lowest BCUT2D eigenvalue weighted by Crippen LogP contribution is -2.19. The quantitative estimate of drug-likeness (QED) is 0.572. The average molecular weight is 211 g/mol. The Labute approximate surface area is 91.7 Å². The van der Waals surface area contributed by atoms with E-state index in [0.29, 0.717) is 13.0 Å². The van der Waals surface area contributed by atoms with Gasteiger partial charge in [0.2, 0.25) is 0 Å². The molecule has 0 radical (unpaired) electrons. The number of rotatable bonds is 4. The second kappa shape index (κ2) is 7.46. The molecule has 0 aromatic heterocycles. The van der Waals surface area contributed by atoms with Crippen molar-refractivity contribution in [1.82, 2.24) is 0 Å². The van der Waals surface area contributed by atoms with E-state index in [-0.39, 0.29) is 12.1 Å². The van der Waals surface area contributed by atoms with E-state index in [4.69, 9.17) is 10.5 Å². The SMILES string of the molecule is NCCCC(=O)OC1CC/C=C/CCC1. The van der Waals surface area contributed by atoms with Crippen LogP contribution in [0.3, 0.4) is 0 Å². The molecule has 0 aromatic rings. The normalized spacial score (nSPS) is 23.9. The maximum atomic E-state index is 11.4. The number of hydrogen-bond acceptors (Lipinski definition) is 3. The molecule has 86 valence electrons. The van der Waals surface area contributed by atoms with Gasteiger partial charge in [0.15, 0.2) is 0 Å². The van der Waals surface area contributed by atoms with Crippen molar-refractivity contribution in [2.24, 2.45) is 5.73 Å². The van der Waals surface area contributed by atoms with Crippen LogP contribution in [0.5, 0.6) is 0 Å². The van der Waals surface area contributed by atoms with Gasteiger partial charge in [0.25, 0.3) is 0 Å². The van der Waals surface area contributed by atoms with Gasteiger partial charge in [-0.25, -0.2) is 0 Å². The summed E-state index contributed by atoms with van der Waals surface area (Å²) in [5.41, 5.74) is 5.34. The van der Waals surface area contributed by atoms with Crippen molar-refractivity contribution in [3.63, 3.8) is 0 Å². The second-order valence-corrected chi connectivity index (χ2v) is 3.98. The Morgan fingerprint density at radius 2 is 2.13 bits per heavy atom. The van der Waals surface area contributed by atoms with Crippen molar-refractivity contribution in [2.75, 3.05) is 6.54 Å². The van der Waals surface area contributed by atoms with Crippen LogP contribution in [0.25, 0.3) is 0 Å². The predicted molar refractivity (Wildman–Crippen MR) is 60.4 cm³/mol. The summed E-state index contributed by atoms with van der Waals surface area (Å²) in [4.78, 5) is 11.4. The van der Waals surface area contributed by atoms with Crippen molar-refractivity contribution in [3.8, 4) is 0 Å². The first-order chi connectivity index (χ1) is 7.33. The van der Waals surface area contributed by atoms with E-state index in [0.717, 1.165) is 38.5 Å². The van der Waals surface area contributed by atoms with E-state index >= 15 is 0 Å². The summed E-state index contributed by atoms with van der Waals surface area (Å²) in [6, 6.07) is 0. The minimum atomic E-state index is -0.0880. The highest BCUT2D eigenvalue weighted by atomic mass is 16.5. The Hall–Kier alpha value is -0.830. The van der Waals surface area contributed by atoms with Crippen LogP contribution in [0.15, 0.2) is 12.2 Å². The third-order valence-electron chi connectivity index (χ3n) is 2.60. The standard InChI is InChI=1S/C12H21NO2/c13-10-6-9-12(14)15-11-7-4-2-1-3-5-8-11/h1-2,11H,3-10,13H2/b2-1+. The second-order valence-electron chi connectivity index (χ2n) is 3.98. The first-order valence-corrected chi connectivity index (χ1v) is 5.87. The third-order valence-corrected chi connectivity index (χ3v) is 2.60. The number of hydrogen-bond donors (Lipinski definition) is 1. The summed E-state index contributed by atoms with van der Waals surface area (Å²) in [6.45, 7) is 0.558. The van der Waals surface area contributed by atoms with Gasteiger partial charge in [0.1, 0.15) is 6.10 Å². The monoisotopic (exact) mass is 211 g/mol. The minimum absolute atomic E-state index is 0.0880. The van der Waals surface area contributed by atoms with E-state index in [1.54, 1.807) is 0 Å². The van der Waals surface area contributed by atoms with Crippen molar-refractivity contribution >= 4 is 5.97 Å². The molecule has 1 atom stereocenters. The maximum Gasteiger partial charge on any atom is 0.306 e. The lowest BCUT2D eigenvalue weighted by Gasteiger charge is -2.18. The van der Waals surface area contributed by atoms with Crippen LogP contribution in [0, 0.1) is 0 Å². The number of esters is 1. The summed E-state index contributed by atoms with van der Waals surface area (Å²) in [5.74, 6) is -0.0880. The number of ether oxygens (including phenoxy) is 1. The fourth-order valence-corrected chi connectivity index (χ4v) is 1.73. The molecule has 1 aliphatic carbocycles. The fourth-order valence-electron chi connectivity index (χ4n) is 1.73. The number of carbonyl (C=O) groups excluding carboxylic acids is 1. The Bertz CT molecular complexity index is 214. The van der Waals surface area contributed by atoms with Crippen LogP contribution in [0.1, 0.15) is 44.9 Å². The van der Waals surface area contributed by atoms with E-state index in [1.165, 1.54) is 0 Å². The highest BCUT2D eigenvalue weighted by Gasteiger charge is 2.13. The van der Waals surface area contributed by atoms with Crippen LogP contribution < -0.4 is 5.73 Å². The van der Waals surface area contributed by atoms with E-state index in [9.17, 15) is 4.79 Å². The maximum absolute atomic E-state index is 11.4. The van der Waals surface area contributed by atoms with E-state index < -0.39 is 0 Å². The van der Waals surface area contributed by atoms with E-state index in [2.05, 4.69) is 12.2 Å². The molecule has 2 N–H and O–H groups in total. The lowest BCUT2D eigenvalue weighted by atomic mass is 10.0. The molecule has 1 unspecified atom stereocenters. The Balaban J connectivity index is 2.23. The van der Waals surface area contributed by atoms with Crippen LogP contribution >= 0.6 is 0 Å². The van der Waals surface area contributed by atoms with Gasteiger partial charge >= 0.3 is 5.97 Å². The average Bonchev–Trinajstić information content (AvgIpc) is 2.19. The first-order valence-electron chi connectivity index (χ1n) is 5.87. The molecule has 3 heteroatoms. The van der Waals surface area contributed by atoms with Crippen LogP contribution in [0.2, 0.25) is 0 Å². The molecule has 0 saturated carbocycles. The Morgan fingerprint density at radius 3 is 2.93 bits per heavy atom. The van der Waals surface area contributed by atoms with Crippen LogP contribution in [-0.2, 0) is 9.53 Å². The first kappa shape index (κ1) is 12.2. The summed E-state index contributed by atoms with van der Waals surface area (Å²) in [5, 5.41) is 0. The largest absolute Gasteiger partial charge is 0.462 e. The van der Waals surface area contributed by atoms with Gasteiger partial charge in [0, 0.05) is 6.42 Å². The van der Waals surface area contributed by atoms with Gasteiger partial charge in [-0.3, -0.25) is 4.79 Å². The smallest absolute Gasteiger partial charge is 0.306 e. The molecule has 3 nitrogen and oxygen atoms in total. The number of nitrogens with two attached hydrogens (primary N) is 1. The van der Waals surface area contributed by atoms with Gasteiger partial charge < -0.3 is 10.5 Å². The number of allylic oxidation sites excluding steroid dienone is 2. The molecule has 0 amide bonds. The molecule has 1 rings (SSSR count). The summed E-state index contributed by atoms with van der Waals surface area (Å²) in [6.07, 6.45) is 10.9. The zero-order valence-corrected chi connectivity index (χ0v) is 9.28. The molecule has 0 aliphatic heterocycles. The van der Waals surface area contributed by atoms with Crippen molar-refractivity contribution in [3.05, 3.63) is 12.2 Å². The molecule has 0 aromatic carbocycles. The molecular formula is C12H21NO2. The Kier molecular flexibility index (Phi) is 6.09. The van der Waals surface area contributed by atoms with Crippen LogP contribution in [-0.4, -0.2) is 18.6 Å². The summed E-state index contributed by atoms with van der Waals surface area (Å²) < 4.78 is 5.40. The third kappa shape index (κ3) is 5.57. The minimum Gasteiger partial charge on any atom is -0.462 e. The van der Waals surface area contributed by atoms with Gasteiger partial charge in [-0.2, -0.15) is 0 Å². The fraction of sp³-hybridized carbons (Fsp3) is 0.750. The molecular weight excluding hydrogens is 190 g/mol. The van der Waals surface area contributed by atoms with Gasteiger partial charge in [-0.1, -0.05) is 12.2 Å². The van der Waals surface area contributed by atoms with E-state index in [1.807, 2.05) is 0 Å². The molecule has 0 saturated heterocycles. The zero-order valence-electron chi connectivity index (χ0n) is 9.28. The van der Waals surface area contributed by atoms with Crippen molar-refractivity contribution in [2.45, 2.75) is 51.0 Å². The molecule has 0 heterocycles. The lowest BCUT2D eigenvalue weighted by molar-refractivity contribution is -0.149. The van der Waals surface area contributed by atoms with Gasteiger partial charge in [-0.15, -0.1) is 0 Å². The predicted octanol–water partition coefficient (Wildman–Crippen LogP) is 2.16. The van der Waals surface area contributed by atoms with Gasteiger partial charge in [0.05, 0.1) is 0 Å². The molecule has 0 fully saturated rings. The highest BCUT2D eigenvalue weighted by molar-refractivity contribution is 5.69.